The van der Waals surface area contributed by atoms with Crippen molar-refractivity contribution in [3.05, 3.63) is 60.2 Å². The van der Waals surface area contributed by atoms with Gasteiger partial charge >= 0.3 is 35.0 Å². The molecule has 0 N–H and O–H groups in total. The molecule has 0 bridgehead atoms. The maximum absolute atomic E-state index is 11.1. The third-order valence-corrected chi connectivity index (χ3v) is 9.27. The molecule has 0 aromatic heterocycles. The monoisotopic (exact) mass is 686 g/mol. The quantitative estimate of drug-likeness (QED) is 0.0518. The Morgan fingerprint density at radius 1 is 0.548 bits per heavy atom. The van der Waals surface area contributed by atoms with Crippen molar-refractivity contribution in [2.75, 3.05) is 12.4 Å². The fraction of sp³-hybridized carbons (Fsp3) is 0.636. The van der Waals surface area contributed by atoms with Gasteiger partial charge in [0.05, 0.1) is 6.61 Å². The van der Waals surface area contributed by atoms with Crippen molar-refractivity contribution in [1.29, 1.82) is 0 Å². The summed E-state index contributed by atoms with van der Waals surface area (Å²) in [5.74, 6) is 3.35. The van der Waals surface area contributed by atoms with E-state index >= 15 is 0 Å². The predicted octanol–water partition coefficient (Wildman–Crippen LogP) is 12.7. The Morgan fingerprint density at radius 2 is 0.952 bits per heavy atom. The van der Waals surface area contributed by atoms with Gasteiger partial charge < -0.3 is 4.74 Å². The van der Waals surface area contributed by atoms with E-state index in [-0.39, 0.29) is 10.9 Å². The summed E-state index contributed by atoms with van der Waals surface area (Å²) in [6, 6.07) is 19.8. The number of benzene rings is 2. The molecular weight excluding hydrogens is 633 g/mol. The number of hydrogen-bond acceptors (Lipinski definition) is 1. The van der Waals surface area contributed by atoms with Gasteiger partial charge in [-0.15, -0.1) is 0 Å². The summed E-state index contributed by atoms with van der Waals surface area (Å²) in [5.41, 5.74) is 1.43. The van der Waals surface area contributed by atoms with E-state index in [2.05, 4.69) is 68.4 Å². The zero-order valence-corrected chi connectivity index (χ0v) is 28.4. The average Bonchev–Trinajstić information content (AvgIpc) is 2.93. The van der Waals surface area contributed by atoms with Crippen LogP contribution in [0.15, 0.2) is 59.5 Å². The van der Waals surface area contributed by atoms with E-state index in [4.69, 9.17) is 4.74 Å². The van der Waals surface area contributed by atoms with Crippen molar-refractivity contribution in [3.8, 4) is 5.75 Å². The Labute approximate surface area is 255 Å². The van der Waals surface area contributed by atoms with Crippen molar-refractivity contribution in [2.24, 2.45) is 0 Å². The molecule has 0 aliphatic carbocycles. The number of unbranched alkanes of at least 4 members (excludes halogenated alkanes) is 15. The summed E-state index contributed by atoms with van der Waals surface area (Å²) in [7, 11) is 0.272. The third kappa shape index (κ3) is 26.4. The topological polar surface area (TPSA) is 9.23 Å². The molecule has 244 valence electrons. The molecule has 0 aliphatic heterocycles. The molecule has 1 nitrogen and oxygen atoms in total. The van der Waals surface area contributed by atoms with Crippen molar-refractivity contribution in [1.82, 2.24) is 0 Å². The first-order chi connectivity index (χ1) is 19.8. The van der Waals surface area contributed by atoms with Crippen LogP contribution in [0.1, 0.15) is 122 Å². The molecular formula is C33H53AsF6OS. The van der Waals surface area contributed by atoms with E-state index in [1.807, 2.05) is 0 Å². The van der Waals surface area contributed by atoms with Crippen molar-refractivity contribution >= 4 is 25.1 Å². The van der Waals surface area contributed by atoms with Gasteiger partial charge in [-0.2, -0.15) is 0 Å². The van der Waals surface area contributed by atoms with Gasteiger partial charge in [0.2, 0.25) is 0 Å². The first kappa shape index (κ1) is 38.8. The molecule has 1 unspecified atom stereocenters. The van der Waals surface area contributed by atoms with Gasteiger partial charge in [0.1, 0.15) is 17.3 Å². The van der Waals surface area contributed by atoms with Crippen LogP contribution in [0.4, 0.5) is 20.8 Å². The summed E-state index contributed by atoms with van der Waals surface area (Å²) in [6.07, 6.45) is 22.5. The Hall–Kier alpha value is -1.27. The van der Waals surface area contributed by atoms with Crippen LogP contribution in [0.2, 0.25) is 0 Å². The number of rotatable bonds is 22. The summed E-state index contributed by atoms with van der Waals surface area (Å²) >= 11 is -11.1. The zero-order chi connectivity index (χ0) is 31.2. The molecule has 0 fully saturated rings. The van der Waals surface area contributed by atoms with Gasteiger partial charge in [0.25, 0.3) is 0 Å². The molecule has 0 saturated carbocycles. The molecule has 9 heteroatoms. The first-order valence-corrected chi connectivity index (χ1v) is 21.6. The second-order valence-corrected chi connectivity index (χ2v) is 17.3. The SMILES string of the molecule is CCCCCCCCCCCCCCCCCCOc1ccc([S+](CC)Cc2ccccc2)cc1.F[As-](F)(F)(F)(F)F. The normalized spacial score (nSPS) is 13.9. The van der Waals surface area contributed by atoms with Crippen molar-refractivity contribution in [3.63, 3.8) is 0 Å². The number of hydrogen-bond donors (Lipinski definition) is 0. The maximum atomic E-state index is 9.91. The van der Waals surface area contributed by atoms with Gasteiger partial charge in [0.15, 0.2) is 4.90 Å². The summed E-state index contributed by atoms with van der Waals surface area (Å²) in [5, 5.41) is 0. The molecule has 0 amide bonds. The van der Waals surface area contributed by atoms with Crippen LogP contribution in [-0.4, -0.2) is 26.5 Å². The van der Waals surface area contributed by atoms with Gasteiger partial charge in [0, 0.05) is 16.5 Å². The van der Waals surface area contributed by atoms with Crippen LogP contribution < -0.4 is 4.74 Å². The molecule has 0 radical (unpaired) electrons. The summed E-state index contributed by atoms with van der Waals surface area (Å²) < 4.78 is 65.5. The number of halogens is 6. The molecule has 2 aromatic carbocycles. The molecule has 2 aromatic rings. The van der Waals surface area contributed by atoms with Crippen LogP contribution >= 0.6 is 0 Å². The Morgan fingerprint density at radius 3 is 1.36 bits per heavy atom. The molecule has 2 rings (SSSR count). The molecule has 42 heavy (non-hydrogen) atoms. The summed E-state index contributed by atoms with van der Waals surface area (Å²) in [6.45, 7) is 5.44. The van der Waals surface area contributed by atoms with Gasteiger partial charge in [-0.3, -0.25) is 0 Å². The van der Waals surface area contributed by atoms with Crippen molar-refractivity contribution < 1.29 is 25.5 Å². The minimum absolute atomic E-state index is 0.272. The standard InChI is InChI=1S/C33H53OS.AsF6/c1-3-5-6-7-8-9-10-11-12-13-14-15-16-17-18-22-29-34-32-25-27-33(28-26-32)35(4-2)30-31-23-20-19-21-24-31;2-1(3,4,5,6)7/h19-21,23-28H,3-18,22,29-30H2,1-2H3;/q+1;-1. The van der Waals surface area contributed by atoms with Crippen molar-refractivity contribution in [2.45, 2.75) is 127 Å². The second kappa shape index (κ2) is 19.9. The fourth-order valence-electron chi connectivity index (χ4n) is 4.70. The molecule has 0 aliphatic rings. The second-order valence-electron chi connectivity index (χ2n) is 11.0. The van der Waals surface area contributed by atoms with E-state index < -0.39 is 14.2 Å². The fourth-order valence-corrected chi connectivity index (χ4v) is 6.52. The molecule has 1 atom stereocenters. The van der Waals surface area contributed by atoms with Crippen LogP contribution in [-0.2, 0) is 16.6 Å². The van der Waals surface area contributed by atoms with Gasteiger partial charge in [-0.05, 0) is 37.6 Å². The number of ether oxygens (including phenoxy) is 1. The minimum atomic E-state index is -11.1. The van der Waals surface area contributed by atoms with Crippen LogP contribution in [0.25, 0.3) is 0 Å². The average molecular weight is 687 g/mol. The van der Waals surface area contributed by atoms with E-state index in [9.17, 15) is 20.8 Å². The Balaban J connectivity index is 0.00000112. The predicted molar refractivity (Wildman–Crippen MR) is 170 cm³/mol. The van der Waals surface area contributed by atoms with E-state index in [0.29, 0.717) is 0 Å². The summed E-state index contributed by atoms with van der Waals surface area (Å²) in [4.78, 5) is 1.45. The van der Waals surface area contributed by atoms with Gasteiger partial charge in [-0.1, -0.05) is 134 Å². The molecule has 0 spiro atoms. The zero-order valence-electron chi connectivity index (χ0n) is 25.7. The first-order valence-electron chi connectivity index (χ1n) is 15.8. The van der Waals surface area contributed by atoms with Crippen LogP contribution in [0.3, 0.4) is 0 Å². The Bertz CT molecular complexity index is 912. The van der Waals surface area contributed by atoms with E-state index in [0.717, 1.165) is 18.1 Å². The van der Waals surface area contributed by atoms with Gasteiger partial charge in [-0.25, -0.2) is 0 Å². The molecule has 0 saturated heterocycles. The molecule has 0 heterocycles. The van der Waals surface area contributed by atoms with Crippen LogP contribution in [0, 0.1) is 0 Å². The van der Waals surface area contributed by atoms with E-state index in [1.54, 1.807) is 0 Å². The Kier molecular flexibility index (Phi) is 18.4. The van der Waals surface area contributed by atoms with Crippen LogP contribution in [0.5, 0.6) is 5.75 Å². The third-order valence-electron chi connectivity index (χ3n) is 6.96. The van der Waals surface area contributed by atoms with E-state index in [1.165, 1.54) is 119 Å².